The summed E-state index contributed by atoms with van der Waals surface area (Å²) in [5.74, 6) is -0.544. The predicted molar refractivity (Wildman–Crippen MR) is 96.0 cm³/mol. The average Bonchev–Trinajstić information content (AvgIpc) is 2.41. The van der Waals surface area contributed by atoms with Gasteiger partial charge in [0, 0.05) is 0 Å². The van der Waals surface area contributed by atoms with Gasteiger partial charge >= 0.3 is 12.1 Å². The normalized spacial score (nSPS) is 14.0. The highest BCUT2D eigenvalue weighted by atomic mass is 16.6. The number of carbonyl (C=O) groups is 3. The van der Waals surface area contributed by atoms with E-state index in [9.17, 15) is 14.4 Å². The topological polar surface area (TPSA) is 93.7 Å². The minimum atomic E-state index is -0.783. The van der Waals surface area contributed by atoms with Crippen LogP contribution in [0.5, 0.6) is 0 Å². The first-order valence-corrected chi connectivity index (χ1v) is 8.73. The lowest BCUT2D eigenvalue weighted by molar-refractivity contribution is -0.145. The van der Waals surface area contributed by atoms with Gasteiger partial charge in [-0.3, -0.25) is 4.79 Å². The van der Waals surface area contributed by atoms with Crippen LogP contribution in [0.2, 0.25) is 0 Å². The van der Waals surface area contributed by atoms with E-state index in [0.717, 1.165) is 0 Å². The van der Waals surface area contributed by atoms with Crippen LogP contribution in [0.4, 0.5) is 4.79 Å². The van der Waals surface area contributed by atoms with Crippen LogP contribution in [0.25, 0.3) is 0 Å². The molecule has 0 bridgehead atoms. The molecule has 0 rings (SSSR count). The maximum Gasteiger partial charge on any atom is 0.408 e. The van der Waals surface area contributed by atoms with E-state index in [0.29, 0.717) is 12.8 Å². The van der Waals surface area contributed by atoms with E-state index in [2.05, 4.69) is 10.6 Å². The summed E-state index contributed by atoms with van der Waals surface area (Å²) in [6.45, 7) is 13.0. The van der Waals surface area contributed by atoms with Crippen molar-refractivity contribution in [2.24, 2.45) is 11.8 Å². The summed E-state index contributed by atoms with van der Waals surface area (Å²) in [6.07, 6.45) is 0.228. The fourth-order valence-electron chi connectivity index (χ4n) is 2.25. The van der Waals surface area contributed by atoms with Gasteiger partial charge in [-0.1, -0.05) is 27.7 Å². The average molecular weight is 358 g/mol. The van der Waals surface area contributed by atoms with E-state index in [-0.39, 0.29) is 11.8 Å². The van der Waals surface area contributed by atoms with Gasteiger partial charge in [0.2, 0.25) is 5.91 Å². The largest absolute Gasteiger partial charge is 0.467 e. The molecular formula is C18H34N2O5. The minimum absolute atomic E-state index is 0.173. The standard InChI is InChI=1S/C18H34N2O5/c1-11(2)9-13(20-17(23)25-18(5,6)7)15(21)19-14(10-12(3)4)16(22)24-8/h11-14H,9-10H2,1-8H3,(H,19,21)(H,20,23)/t13-,14-/m1/s1. The number of alkyl carbamates (subject to hydrolysis) is 1. The van der Waals surface area contributed by atoms with Gasteiger partial charge in [0.25, 0.3) is 0 Å². The Labute approximate surface area is 151 Å². The summed E-state index contributed by atoms with van der Waals surface area (Å²) in [5, 5.41) is 5.28. The lowest BCUT2D eigenvalue weighted by Crippen LogP contribution is -2.53. The molecule has 146 valence electrons. The Morgan fingerprint density at radius 3 is 1.76 bits per heavy atom. The first-order chi connectivity index (χ1) is 11.4. The van der Waals surface area contributed by atoms with E-state index in [1.807, 2.05) is 27.7 Å². The Balaban J connectivity index is 5.07. The van der Waals surface area contributed by atoms with Crippen molar-refractivity contribution in [2.75, 3.05) is 7.11 Å². The Morgan fingerprint density at radius 2 is 1.36 bits per heavy atom. The van der Waals surface area contributed by atoms with E-state index < -0.39 is 35.7 Å². The Morgan fingerprint density at radius 1 is 0.880 bits per heavy atom. The van der Waals surface area contributed by atoms with Crippen molar-refractivity contribution in [1.82, 2.24) is 10.6 Å². The summed E-state index contributed by atoms with van der Waals surface area (Å²) in [7, 11) is 1.28. The lowest BCUT2D eigenvalue weighted by atomic mass is 10.0. The summed E-state index contributed by atoms with van der Waals surface area (Å²) in [6, 6.07) is -1.53. The molecule has 0 heterocycles. The maximum atomic E-state index is 12.6. The van der Waals surface area contributed by atoms with Crippen molar-refractivity contribution in [1.29, 1.82) is 0 Å². The number of hydrogen-bond acceptors (Lipinski definition) is 5. The number of esters is 1. The molecule has 0 aliphatic rings. The highest BCUT2D eigenvalue weighted by molar-refractivity contribution is 5.89. The van der Waals surface area contributed by atoms with Crippen LogP contribution in [-0.2, 0) is 19.1 Å². The van der Waals surface area contributed by atoms with Gasteiger partial charge in [0.05, 0.1) is 7.11 Å². The van der Waals surface area contributed by atoms with Crippen LogP contribution < -0.4 is 10.6 Å². The number of nitrogens with one attached hydrogen (secondary N) is 2. The molecule has 0 radical (unpaired) electrons. The molecule has 0 aliphatic carbocycles. The SMILES string of the molecule is COC(=O)[C@@H](CC(C)C)NC(=O)[C@@H](CC(C)C)NC(=O)OC(C)(C)C. The quantitative estimate of drug-likeness (QED) is 0.651. The van der Waals surface area contributed by atoms with E-state index in [4.69, 9.17) is 9.47 Å². The van der Waals surface area contributed by atoms with Gasteiger partial charge in [-0.2, -0.15) is 0 Å². The molecule has 0 unspecified atom stereocenters. The second-order valence-electron chi connectivity index (χ2n) is 8.04. The molecular weight excluding hydrogens is 324 g/mol. The van der Waals surface area contributed by atoms with Crippen molar-refractivity contribution in [3.05, 3.63) is 0 Å². The maximum absolute atomic E-state index is 12.6. The molecule has 0 saturated carbocycles. The van der Waals surface area contributed by atoms with Crippen molar-refractivity contribution in [3.8, 4) is 0 Å². The molecule has 0 fully saturated rings. The number of ether oxygens (including phenoxy) is 2. The first kappa shape index (κ1) is 23.2. The molecule has 0 aromatic rings. The Hall–Kier alpha value is -1.79. The number of hydrogen-bond donors (Lipinski definition) is 2. The second-order valence-corrected chi connectivity index (χ2v) is 8.04. The first-order valence-electron chi connectivity index (χ1n) is 8.73. The lowest BCUT2D eigenvalue weighted by Gasteiger charge is -2.26. The van der Waals surface area contributed by atoms with Crippen LogP contribution >= 0.6 is 0 Å². The van der Waals surface area contributed by atoms with Crippen LogP contribution in [-0.4, -0.2) is 42.8 Å². The second kappa shape index (κ2) is 10.3. The molecule has 2 amide bonds. The summed E-state index contributed by atoms with van der Waals surface area (Å²) in [5.41, 5.74) is -0.658. The molecule has 7 nitrogen and oxygen atoms in total. The van der Waals surface area contributed by atoms with Gasteiger partial charge in [-0.15, -0.1) is 0 Å². The molecule has 2 atom stereocenters. The number of amides is 2. The molecule has 0 aromatic carbocycles. The molecule has 0 saturated heterocycles. The Bertz CT molecular complexity index is 455. The number of carbonyl (C=O) groups excluding carboxylic acids is 3. The third-order valence-corrected chi connectivity index (χ3v) is 3.22. The van der Waals surface area contributed by atoms with Crippen LogP contribution in [0.15, 0.2) is 0 Å². The van der Waals surface area contributed by atoms with Crippen LogP contribution in [0, 0.1) is 11.8 Å². The van der Waals surface area contributed by atoms with Crippen LogP contribution in [0.3, 0.4) is 0 Å². The predicted octanol–water partition coefficient (Wildman–Crippen LogP) is 2.63. The zero-order valence-corrected chi connectivity index (χ0v) is 16.8. The van der Waals surface area contributed by atoms with Crippen molar-refractivity contribution >= 4 is 18.0 Å². The van der Waals surface area contributed by atoms with Crippen molar-refractivity contribution < 1.29 is 23.9 Å². The van der Waals surface area contributed by atoms with Gasteiger partial charge in [-0.05, 0) is 45.4 Å². The van der Waals surface area contributed by atoms with E-state index in [1.165, 1.54) is 7.11 Å². The fourth-order valence-corrected chi connectivity index (χ4v) is 2.25. The summed E-state index contributed by atoms with van der Waals surface area (Å²) in [4.78, 5) is 36.5. The monoisotopic (exact) mass is 358 g/mol. The Kier molecular flexibility index (Phi) is 9.52. The van der Waals surface area contributed by atoms with Crippen LogP contribution in [0.1, 0.15) is 61.3 Å². The zero-order valence-electron chi connectivity index (χ0n) is 16.8. The molecule has 0 aromatic heterocycles. The van der Waals surface area contributed by atoms with Gasteiger partial charge in [0.1, 0.15) is 17.7 Å². The van der Waals surface area contributed by atoms with E-state index >= 15 is 0 Å². The molecule has 7 heteroatoms. The van der Waals surface area contributed by atoms with Gasteiger partial charge in [0.15, 0.2) is 0 Å². The number of rotatable bonds is 8. The van der Waals surface area contributed by atoms with Gasteiger partial charge in [-0.25, -0.2) is 9.59 Å². The third-order valence-electron chi connectivity index (χ3n) is 3.22. The molecule has 0 spiro atoms. The fraction of sp³-hybridized carbons (Fsp3) is 0.833. The summed E-state index contributed by atoms with van der Waals surface area (Å²) >= 11 is 0. The molecule has 0 aliphatic heterocycles. The highest BCUT2D eigenvalue weighted by Gasteiger charge is 2.29. The third kappa shape index (κ3) is 10.6. The molecule has 25 heavy (non-hydrogen) atoms. The van der Waals surface area contributed by atoms with E-state index in [1.54, 1.807) is 20.8 Å². The highest BCUT2D eigenvalue weighted by Crippen LogP contribution is 2.11. The van der Waals surface area contributed by atoms with Crippen molar-refractivity contribution in [2.45, 2.75) is 79.0 Å². The van der Waals surface area contributed by atoms with Gasteiger partial charge < -0.3 is 20.1 Å². The smallest absolute Gasteiger partial charge is 0.408 e. The molecule has 2 N–H and O–H groups in total. The number of methoxy groups -OCH3 is 1. The zero-order chi connectivity index (χ0) is 19.8. The van der Waals surface area contributed by atoms with Crippen molar-refractivity contribution in [3.63, 3.8) is 0 Å². The minimum Gasteiger partial charge on any atom is -0.467 e. The summed E-state index contributed by atoms with van der Waals surface area (Å²) < 4.78 is 9.97.